The van der Waals surface area contributed by atoms with Crippen LogP contribution < -0.4 is 10.5 Å². The summed E-state index contributed by atoms with van der Waals surface area (Å²) in [5.41, 5.74) is 0.408. The van der Waals surface area contributed by atoms with Gasteiger partial charge in [-0.2, -0.15) is 0 Å². The van der Waals surface area contributed by atoms with Gasteiger partial charge in [-0.1, -0.05) is 12.1 Å². The Balaban J connectivity index is 2.05. The Morgan fingerprint density at radius 2 is 2.10 bits per heavy atom. The normalized spacial score (nSPS) is 12.9. The van der Waals surface area contributed by atoms with E-state index in [2.05, 4.69) is 5.32 Å². The molecule has 0 aliphatic rings. The van der Waals surface area contributed by atoms with E-state index in [1.165, 1.54) is 30.0 Å². The molecule has 0 aliphatic heterocycles. The van der Waals surface area contributed by atoms with Gasteiger partial charge in [0.1, 0.15) is 0 Å². The molecule has 0 unspecified atom stereocenters. The number of nitrogens with one attached hydrogen (secondary N) is 1. The molecular formula is C13H14N2O3S3. The van der Waals surface area contributed by atoms with Crippen molar-refractivity contribution in [2.24, 2.45) is 5.14 Å². The fraction of sp³-hybridized carbons (Fsp3) is 0.154. The van der Waals surface area contributed by atoms with Gasteiger partial charge in [0.2, 0.25) is 15.9 Å². The maximum absolute atomic E-state index is 12.1. The second kappa shape index (κ2) is 6.61. The van der Waals surface area contributed by atoms with Crippen LogP contribution in [0.3, 0.4) is 0 Å². The lowest BCUT2D eigenvalue weighted by molar-refractivity contribution is -0.115. The number of benzene rings is 1. The van der Waals surface area contributed by atoms with Gasteiger partial charge in [-0.25, -0.2) is 13.6 Å². The van der Waals surface area contributed by atoms with Crippen LogP contribution in [0.1, 0.15) is 6.92 Å². The van der Waals surface area contributed by atoms with Gasteiger partial charge in [0, 0.05) is 5.69 Å². The van der Waals surface area contributed by atoms with Gasteiger partial charge in [-0.15, -0.1) is 23.1 Å². The molecule has 21 heavy (non-hydrogen) atoms. The summed E-state index contributed by atoms with van der Waals surface area (Å²) in [5.74, 6) is -0.194. The molecule has 8 heteroatoms. The van der Waals surface area contributed by atoms with Crippen molar-refractivity contribution in [2.45, 2.75) is 21.3 Å². The standard InChI is InChI=1S/C13H14N2O3S3/c1-9(20-12-6-3-7-19-12)13(16)15-10-4-2-5-11(8-10)21(14,17)18/h2-9H,1H3,(H,15,16)(H2,14,17,18)/t9-/m1/s1. The first-order chi connectivity index (χ1) is 9.86. The molecule has 0 radical (unpaired) electrons. The fourth-order valence-electron chi connectivity index (χ4n) is 1.55. The number of sulfonamides is 1. The van der Waals surface area contributed by atoms with E-state index in [4.69, 9.17) is 5.14 Å². The molecule has 112 valence electrons. The van der Waals surface area contributed by atoms with Crippen LogP contribution in [0.4, 0.5) is 5.69 Å². The molecule has 5 nitrogen and oxygen atoms in total. The van der Waals surface area contributed by atoms with Crippen LogP contribution >= 0.6 is 23.1 Å². The number of carbonyl (C=O) groups excluding carboxylic acids is 1. The highest BCUT2D eigenvalue weighted by Crippen LogP contribution is 2.28. The average Bonchev–Trinajstić information content (AvgIpc) is 2.91. The summed E-state index contributed by atoms with van der Waals surface area (Å²) in [7, 11) is -3.78. The predicted molar refractivity (Wildman–Crippen MR) is 86.1 cm³/mol. The Labute approximate surface area is 131 Å². The number of amides is 1. The molecule has 1 aromatic carbocycles. The lowest BCUT2D eigenvalue weighted by atomic mass is 10.3. The molecule has 0 aliphatic carbocycles. The van der Waals surface area contributed by atoms with Crippen LogP contribution in [0.2, 0.25) is 0 Å². The Morgan fingerprint density at radius 1 is 1.33 bits per heavy atom. The maximum Gasteiger partial charge on any atom is 0.238 e. The number of anilines is 1. The highest BCUT2D eigenvalue weighted by atomic mass is 32.2. The number of hydrogen-bond acceptors (Lipinski definition) is 5. The monoisotopic (exact) mass is 342 g/mol. The Morgan fingerprint density at radius 3 is 2.71 bits per heavy atom. The Bertz CT molecular complexity index is 727. The molecule has 0 spiro atoms. The van der Waals surface area contributed by atoms with Crippen LogP contribution in [-0.4, -0.2) is 19.6 Å². The van der Waals surface area contributed by atoms with Gasteiger partial charge >= 0.3 is 0 Å². The SMILES string of the molecule is C[C@@H](Sc1cccs1)C(=O)Nc1cccc(S(N)(=O)=O)c1. The predicted octanol–water partition coefficient (Wildman–Crippen LogP) is 2.51. The number of hydrogen-bond donors (Lipinski definition) is 2. The summed E-state index contributed by atoms with van der Waals surface area (Å²) in [5, 5.41) is 9.41. The topological polar surface area (TPSA) is 89.3 Å². The first-order valence-corrected chi connectivity index (χ1v) is 9.31. The van der Waals surface area contributed by atoms with Crippen LogP contribution in [0.15, 0.2) is 50.9 Å². The largest absolute Gasteiger partial charge is 0.325 e. The zero-order valence-electron chi connectivity index (χ0n) is 11.1. The van der Waals surface area contributed by atoms with Crippen LogP contribution in [0, 0.1) is 0 Å². The van der Waals surface area contributed by atoms with E-state index in [9.17, 15) is 13.2 Å². The molecular weight excluding hydrogens is 328 g/mol. The molecule has 1 heterocycles. The third-order valence-corrected chi connectivity index (χ3v) is 5.67. The van der Waals surface area contributed by atoms with Crippen molar-refractivity contribution in [1.29, 1.82) is 0 Å². The van der Waals surface area contributed by atoms with Gasteiger partial charge in [-0.3, -0.25) is 4.79 Å². The first kappa shape index (κ1) is 16.0. The molecule has 0 bridgehead atoms. The van der Waals surface area contributed by atoms with E-state index in [0.29, 0.717) is 5.69 Å². The molecule has 1 amide bonds. The van der Waals surface area contributed by atoms with Crippen molar-refractivity contribution in [3.8, 4) is 0 Å². The molecule has 1 atom stereocenters. The second-order valence-electron chi connectivity index (χ2n) is 4.25. The minimum Gasteiger partial charge on any atom is -0.325 e. The van der Waals surface area contributed by atoms with Crippen molar-refractivity contribution in [1.82, 2.24) is 0 Å². The summed E-state index contributed by atoms with van der Waals surface area (Å²) < 4.78 is 23.6. The highest BCUT2D eigenvalue weighted by molar-refractivity contribution is 8.02. The van der Waals surface area contributed by atoms with Gasteiger partial charge in [0.25, 0.3) is 0 Å². The lowest BCUT2D eigenvalue weighted by Gasteiger charge is -2.11. The van der Waals surface area contributed by atoms with Crippen molar-refractivity contribution >= 4 is 44.7 Å². The number of rotatable bonds is 5. The quantitative estimate of drug-likeness (QED) is 0.817. The van der Waals surface area contributed by atoms with Crippen LogP contribution in [0.25, 0.3) is 0 Å². The van der Waals surface area contributed by atoms with Gasteiger partial charge in [0.05, 0.1) is 14.4 Å². The fourth-order valence-corrected chi connectivity index (χ4v) is 4.05. The number of carbonyl (C=O) groups is 1. The van der Waals surface area contributed by atoms with E-state index < -0.39 is 10.0 Å². The zero-order valence-corrected chi connectivity index (χ0v) is 13.6. The summed E-state index contributed by atoms with van der Waals surface area (Å²) in [6.07, 6.45) is 0. The molecule has 3 N–H and O–H groups in total. The van der Waals surface area contributed by atoms with E-state index >= 15 is 0 Å². The number of thiophene rings is 1. The summed E-state index contributed by atoms with van der Waals surface area (Å²) in [4.78, 5) is 12.1. The summed E-state index contributed by atoms with van der Waals surface area (Å²) in [6.45, 7) is 1.79. The van der Waals surface area contributed by atoms with Crippen molar-refractivity contribution < 1.29 is 13.2 Å². The molecule has 0 fully saturated rings. The maximum atomic E-state index is 12.1. The summed E-state index contributed by atoms with van der Waals surface area (Å²) in [6, 6.07) is 9.75. The third-order valence-electron chi connectivity index (χ3n) is 2.59. The second-order valence-corrected chi connectivity index (χ2v) is 8.40. The number of primary sulfonamides is 1. The van der Waals surface area contributed by atoms with E-state index in [1.54, 1.807) is 24.3 Å². The molecule has 0 saturated carbocycles. The lowest BCUT2D eigenvalue weighted by Crippen LogP contribution is -2.22. The minimum absolute atomic E-state index is 0.0288. The Kier molecular flexibility index (Phi) is 5.04. The van der Waals surface area contributed by atoms with E-state index in [-0.39, 0.29) is 16.1 Å². The third kappa shape index (κ3) is 4.57. The summed E-state index contributed by atoms with van der Waals surface area (Å²) >= 11 is 3.02. The minimum atomic E-state index is -3.78. The Hall–Kier alpha value is -1.35. The zero-order chi connectivity index (χ0) is 15.5. The molecule has 2 aromatic rings. The molecule has 0 saturated heterocycles. The van der Waals surface area contributed by atoms with Crippen molar-refractivity contribution in [3.05, 3.63) is 41.8 Å². The van der Waals surface area contributed by atoms with Gasteiger partial charge < -0.3 is 5.32 Å². The van der Waals surface area contributed by atoms with E-state index in [0.717, 1.165) is 4.21 Å². The van der Waals surface area contributed by atoms with E-state index in [1.807, 2.05) is 17.5 Å². The first-order valence-electron chi connectivity index (χ1n) is 6.00. The van der Waals surface area contributed by atoms with Crippen LogP contribution in [-0.2, 0) is 14.8 Å². The number of nitrogens with two attached hydrogens (primary N) is 1. The highest BCUT2D eigenvalue weighted by Gasteiger charge is 2.16. The number of thioether (sulfide) groups is 1. The molecule has 2 rings (SSSR count). The smallest absolute Gasteiger partial charge is 0.238 e. The van der Waals surface area contributed by atoms with Crippen molar-refractivity contribution in [3.63, 3.8) is 0 Å². The van der Waals surface area contributed by atoms with Gasteiger partial charge in [-0.05, 0) is 36.6 Å². The van der Waals surface area contributed by atoms with Gasteiger partial charge in [0.15, 0.2) is 0 Å². The van der Waals surface area contributed by atoms with Crippen LogP contribution in [0.5, 0.6) is 0 Å². The van der Waals surface area contributed by atoms with Crippen molar-refractivity contribution in [2.75, 3.05) is 5.32 Å². The average molecular weight is 342 g/mol. The molecule has 1 aromatic heterocycles.